The van der Waals surface area contributed by atoms with Crippen LogP contribution in [0, 0.1) is 17.4 Å². The highest BCUT2D eigenvalue weighted by atomic mass is 127. The molecule has 4 heteroatoms. The highest BCUT2D eigenvalue weighted by Crippen LogP contribution is 2.15. The Morgan fingerprint density at radius 3 is 2.41 bits per heavy atom. The van der Waals surface area contributed by atoms with Crippen molar-refractivity contribution in [2.45, 2.75) is 27.0 Å². The second-order valence-electron chi connectivity index (χ2n) is 4.09. The number of halogens is 1. The summed E-state index contributed by atoms with van der Waals surface area (Å²) in [6.07, 6.45) is 0. The zero-order chi connectivity index (χ0) is 12.4. The average Bonchev–Trinajstić information content (AvgIpc) is 2.57. The van der Waals surface area contributed by atoms with Crippen molar-refractivity contribution in [2.75, 3.05) is 0 Å². The first-order chi connectivity index (χ1) is 8.11. The summed E-state index contributed by atoms with van der Waals surface area (Å²) in [5.41, 5.74) is 4.12. The van der Waals surface area contributed by atoms with Crippen LogP contribution in [0.25, 0.3) is 0 Å². The molecular weight excluding hydrogens is 327 g/mol. The van der Waals surface area contributed by atoms with Crippen LogP contribution in [0.2, 0.25) is 0 Å². The predicted octanol–water partition coefficient (Wildman–Crippen LogP) is 2.65. The van der Waals surface area contributed by atoms with Crippen LogP contribution in [0.3, 0.4) is 0 Å². The lowest BCUT2D eigenvalue weighted by Gasteiger charge is -2.05. The molecule has 2 aromatic rings. The number of hydrogen-bond donors (Lipinski definition) is 1. The fourth-order valence-electron chi connectivity index (χ4n) is 1.88. The molecular formula is C13H15IN2O. The van der Waals surface area contributed by atoms with E-state index in [1.165, 1.54) is 9.13 Å². The number of aliphatic hydroxyl groups excluding tert-OH is 1. The lowest BCUT2D eigenvalue weighted by atomic mass is 10.2. The van der Waals surface area contributed by atoms with Crippen LogP contribution in [-0.4, -0.2) is 14.9 Å². The maximum atomic E-state index is 9.26. The summed E-state index contributed by atoms with van der Waals surface area (Å²) in [5.74, 6) is 0. The van der Waals surface area contributed by atoms with Gasteiger partial charge in [0.1, 0.15) is 0 Å². The molecule has 1 aromatic carbocycles. The zero-order valence-corrected chi connectivity index (χ0v) is 12.1. The molecule has 0 radical (unpaired) electrons. The Morgan fingerprint density at radius 2 is 1.88 bits per heavy atom. The van der Waals surface area contributed by atoms with Crippen molar-refractivity contribution in [3.05, 3.63) is 50.4 Å². The fourth-order valence-corrected chi connectivity index (χ4v) is 2.24. The molecule has 0 atom stereocenters. The van der Waals surface area contributed by atoms with E-state index < -0.39 is 0 Å². The van der Waals surface area contributed by atoms with Gasteiger partial charge in [-0.05, 0) is 54.1 Å². The van der Waals surface area contributed by atoms with Crippen molar-refractivity contribution in [2.24, 2.45) is 0 Å². The summed E-state index contributed by atoms with van der Waals surface area (Å²) >= 11 is 2.29. The van der Waals surface area contributed by atoms with Gasteiger partial charge in [-0.15, -0.1) is 0 Å². The molecule has 0 saturated carbocycles. The van der Waals surface area contributed by atoms with E-state index in [-0.39, 0.29) is 6.61 Å². The Balaban J connectivity index is 2.27. The summed E-state index contributed by atoms with van der Waals surface area (Å²) in [6, 6.07) is 8.40. The third-order valence-corrected chi connectivity index (χ3v) is 3.65. The number of hydrogen-bond acceptors (Lipinski definition) is 2. The maximum Gasteiger partial charge on any atom is 0.0718 e. The topological polar surface area (TPSA) is 38.0 Å². The predicted molar refractivity (Wildman–Crippen MR) is 75.9 cm³/mol. The molecule has 0 spiro atoms. The largest absolute Gasteiger partial charge is 0.392 e. The fraction of sp³-hybridized carbons (Fsp3) is 0.308. The van der Waals surface area contributed by atoms with Gasteiger partial charge in [-0.3, -0.25) is 4.68 Å². The summed E-state index contributed by atoms with van der Waals surface area (Å²) in [6.45, 7) is 4.75. The Hall–Kier alpha value is -0.880. The summed E-state index contributed by atoms with van der Waals surface area (Å²) in [5, 5.41) is 13.7. The highest BCUT2D eigenvalue weighted by molar-refractivity contribution is 14.1. The van der Waals surface area contributed by atoms with E-state index in [0.717, 1.165) is 23.5 Å². The van der Waals surface area contributed by atoms with E-state index >= 15 is 0 Å². The van der Waals surface area contributed by atoms with Crippen molar-refractivity contribution in [3.8, 4) is 0 Å². The van der Waals surface area contributed by atoms with Gasteiger partial charge in [0.2, 0.25) is 0 Å². The van der Waals surface area contributed by atoms with Crippen molar-refractivity contribution >= 4 is 22.6 Å². The maximum absolute atomic E-state index is 9.26. The molecule has 0 bridgehead atoms. The van der Waals surface area contributed by atoms with Gasteiger partial charge in [-0.1, -0.05) is 12.1 Å². The second-order valence-corrected chi connectivity index (χ2v) is 5.34. The first-order valence-corrected chi connectivity index (χ1v) is 6.58. The van der Waals surface area contributed by atoms with Crippen LogP contribution < -0.4 is 0 Å². The Bertz CT molecular complexity index is 517. The molecule has 2 rings (SSSR count). The van der Waals surface area contributed by atoms with Crippen molar-refractivity contribution in [3.63, 3.8) is 0 Å². The summed E-state index contributed by atoms with van der Waals surface area (Å²) < 4.78 is 3.18. The van der Waals surface area contributed by atoms with E-state index in [0.29, 0.717) is 0 Å². The van der Waals surface area contributed by atoms with Gasteiger partial charge >= 0.3 is 0 Å². The number of benzene rings is 1. The smallest absolute Gasteiger partial charge is 0.0718 e. The zero-order valence-electron chi connectivity index (χ0n) is 9.94. The Morgan fingerprint density at radius 1 is 1.24 bits per heavy atom. The third-order valence-electron chi connectivity index (χ3n) is 2.94. The summed E-state index contributed by atoms with van der Waals surface area (Å²) in [7, 11) is 0. The Kier molecular flexibility index (Phi) is 3.83. The number of aryl methyl sites for hydroxylation is 1. The lowest BCUT2D eigenvalue weighted by Crippen LogP contribution is -2.04. The molecule has 1 N–H and O–H groups in total. The van der Waals surface area contributed by atoms with Crippen LogP contribution >= 0.6 is 22.6 Å². The Labute approximate surface area is 115 Å². The van der Waals surface area contributed by atoms with E-state index in [4.69, 9.17) is 0 Å². The van der Waals surface area contributed by atoms with E-state index in [1.54, 1.807) is 0 Å². The number of nitrogens with zero attached hydrogens (tertiary/aromatic N) is 2. The van der Waals surface area contributed by atoms with Gasteiger partial charge in [-0.25, -0.2) is 0 Å². The monoisotopic (exact) mass is 342 g/mol. The first kappa shape index (κ1) is 12.6. The van der Waals surface area contributed by atoms with Gasteiger partial charge in [0, 0.05) is 14.8 Å². The molecule has 0 fully saturated rings. The SMILES string of the molecule is Cc1nn(Cc2ccc(I)cc2)c(C)c1CO. The molecule has 0 amide bonds. The highest BCUT2D eigenvalue weighted by Gasteiger charge is 2.10. The second kappa shape index (κ2) is 5.18. The van der Waals surface area contributed by atoms with Crippen LogP contribution in [0.15, 0.2) is 24.3 Å². The van der Waals surface area contributed by atoms with E-state index in [9.17, 15) is 5.11 Å². The van der Waals surface area contributed by atoms with E-state index in [1.807, 2.05) is 18.5 Å². The number of aliphatic hydroxyl groups is 1. The van der Waals surface area contributed by atoms with E-state index in [2.05, 4.69) is 52.0 Å². The molecule has 1 heterocycles. The van der Waals surface area contributed by atoms with Crippen LogP contribution in [0.5, 0.6) is 0 Å². The summed E-state index contributed by atoms with van der Waals surface area (Å²) in [4.78, 5) is 0. The average molecular weight is 342 g/mol. The minimum atomic E-state index is 0.0599. The molecule has 0 aliphatic carbocycles. The number of aromatic nitrogens is 2. The van der Waals surface area contributed by atoms with Crippen molar-refractivity contribution in [1.82, 2.24) is 9.78 Å². The lowest BCUT2D eigenvalue weighted by molar-refractivity contribution is 0.280. The van der Waals surface area contributed by atoms with Gasteiger partial charge in [0.05, 0.1) is 18.8 Å². The minimum Gasteiger partial charge on any atom is -0.392 e. The van der Waals surface area contributed by atoms with Gasteiger partial charge in [-0.2, -0.15) is 5.10 Å². The van der Waals surface area contributed by atoms with Crippen LogP contribution in [0.1, 0.15) is 22.5 Å². The van der Waals surface area contributed by atoms with Gasteiger partial charge < -0.3 is 5.11 Å². The molecule has 3 nitrogen and oxygen atoms in total. The standard InChI is InChI=1S/C13H15IN2O/c1-9-13(8-17)10(2)16(15-9)7-11-3-5-12(14)6-4-11/h3-6,17H,7-8H2,1-2H3. The van der Waals surface area contributed by atoms with Crippen molar-refractivity contribution < 1.29 is 5.11 Å². The molecule has 0 aliphatic rings. The first-order valence-electron chi connectivity index (χ1n) is 5.50. The molecule has 90 valence electrons. The van der Waals surface area contributed by atoms with Crippen LogP contribution in [0.4, 0.5) is 0 Å². The van der Waals surface area contributed by atoms with Crippen LogP contribution in [-0.2, 0) is 13.2 Å². The molecule has 0 unspecified atom stereocenters. The molecule has 0 aliphatic heterocycles. The molecule has 17 heavy (non-hydrogen) atoms. The molecule has 1 aromatic heterocycles. The third kappa shape index (κ3) is 2.69. The molecule has 0 saturated heterocycles. The van der Waals surface area contributed by atoms with Crippen molar-refractivity contribution in [1.29, 1.82) is 0 Å². The number of rotatable bonds is 3. The normalized spacial score (nSPS) is 10.8. The quantitative estimate of drug-likeness (QED) is 0.871. The van der Waals surface area contributed by atoms with Gasteiger partial charge in [0.25, 0.3) is 0 Å². The van der Waals surface area contributed by atoms with Gasteiger partial charge in [0.15, 0.2) is 0 Å². The minimum absolute atomic E-state index is 0.0599.